The summed E-state index contributed by atoms with van der Waals surface area (Å²) in [4.78, 5) is 15.5. The molecule has 2 aromatic rings. The summed E-state index contributed by atoms with van der Waals surface area (Å²) in [5.74, 6) is -0.837. The van der Waals surface area contributed by atoms with Crippen LogP contribution in [0.5, 0.6) is 0 Å². The van der Waals surface area contributed by atoms with Crippen molar-refractivity contribution in [2.75, 3.05) is 0 Å². The molecule has 0 spiro atoms. The van der Waals surface area contributed by atoms with Gasteiger partial charge < -0.3 is 10.4 Å². The Balaban J connectivity index is 2.24. The van der Waals surface area contributed by atoms with Crippen LogP contribution in [0, 0.1) is 0 Å². The number of hydrogen-bond donors (Lipinski definition) is 2. The molecule has 1 unspecified atom stereocenters. The van der Waals surface area contributed by atoms with E-state index in [-0.39, 0.29) is 0 Å². The summed E-state index contributed by atoms with van der Waals surface area (Å²) in [6, 6.07) is 7.00. The molecule has 0 saturated heterocycles. The lowest BCUT2D eigenvalue weighted by atomic mass is 10.1. The van der Waals surface area contributed by atoms with Crippen molar-refractivity contribution in [2.45, 2.75) is 32.4 Å². The van der Waals surface area contributed by atoms with Crippen molar-refractivity contribution in [3.63, 3.8) is 0 Å². The number of halogens is 1. The van der Waals surface area contributed by atoms with Crippen LogP contribution in [0.25, 0.3) is 10.9 Å². The molecule has 1 aromatic carbocycles. The molecule has 0 saturated carbocycles. The van der Waals surface area contributed by atoms with Gasteiger partial charge in [-0.05, 0) is 18.6 Å². The lowest BCUT2D eigenvalue weighted by Crippen LogP contribution is -2.36. The Morgan fingerprint density at radius 2 is 2.25 bits per heavy atom. The molecule has 0 aliphatic rings. The number of nitrogens with zero attached hydrogens (tertiary/aromatic N) is 1. The zero-order valence-corrected chi connectivity index (χ0v) is 12.0. The molecule has 2 rings (SSSR count). The van der Waals surface area contributed by atoms with E-state index in [1.54, 1.807) is 6.20 Å². The van der Waals surface area contributed by atoms with Gasteiger partial charge in [-0.1, -0.05) is 37.1 Å². The quantitative estimate of drug-likeness (QED) is 0.858. The number of aliphatic carboxylic acids is 1. The molecular weight excluding hydrogens is 276 g/mol. The minimum atomic E-state index is -0.837. The van der Waals surface area contributed by atoms with Gasteiger partial charge in [-0.3, -0.25) is 9.78 Å². The van der Waals surface area contributed by atoms with E-state index >= 15 is 0 Å². The average Bonchev–Trinajstić information content (AvgIpc) is 2.44. The van der Waals surface area contributed by atoms with Crippen molar-refractivity contribution < 1.29 is 9.90 Å². The number of carboxylic acids is 1. The number of fused-ring (bicyclic) bond motifs is 1. The number of hydrogen-bond acceptors (Lipinski definition) is 3. The first-order chi connectivity index (χ1) is 9.63. The summed E-state index contributed by atoms with van der Waals surface area (Å²) in [6.45, 7) is 2.36. The van der Waals surface area contributed by atoms with E-state index in [4.69, 9.17) is 16.7 Å². The van der Waals surface area contributed by atoms with Crippen molar-refractivity contribution >= 4 is 28.5 Å². The highest BCUT2D eigenvalue weighted by Gasteiger charge is 2.16. The summed E-state index contributed by atoms with van der Waals surface area (Å²) < 4.78 is 0. The zero-order valence-electron chi connectivity index (χ0n) is 11.3. The first kappa shape index (κ1) is 14.8. The van der Waals surface area contributed by atoms with Gasteiger partial charge in [0.15, 0.2) is 0 Å². The lowest BCUT2D eigenvalue weighted by molar-refractivity contribution is -0.139. The van der Waals surface area contributed by atoms with Crippen LogP contribution in [-0.2, 0) is 11.3 Å². The minimum Gasteiger partial charge on any atom is -0.480 e. The topological polar surface area (TPSA) is 62.2 Å². The molecule has 0 amide bonds. The average molecular weight is 293 g/mol. The van der Waals surface area contributed by atoms with Crippen LogP contribution in [0.15, 0.2) is 30.5 Å². The highest BCUT2D eigenvalue weighted by atomic mass is 35.5. The maximum Gasteiger partial charge on any atom is 0.320 e. The number of carboxylic acid groups (broad SMARTS) is 1. The van der Waals surface area contributed by atoms with Crippen LogP contribution >= 0.6 is 11.6 Å². The van der Waals surface area contributed by atoms with Gasteiger partial charge in [0.1, 0.15) is 6.04 Å². The van der Waals surface area contributed by atoms with Gasteiger partial charge >= 0.3 is 5.97 Å². The minimum absolute atomic E-state index is 0.393. The normalized spacial score (nSPS) is 12.5. The van der Waals surface area contributed by atoms with Gasteiger partial charge in [0, 0.05) is 28.7 Å². The highest BCUT2D eigenvalue weighted by Crippen LogP contribution is 2.24. The van der Waals surface area contributed by atoms with Gasteiger partial charge in [-0.15, -0.1) is 0 Å². The molecule has 20 heavy (non-hydrogen) atoms. The van der Waals surface area contributed by atoms with Crippen LogP contribution in [-0.4, -0.2) is 22.1 Å². The van der Waals surface area contributed by atoms with Crippen molar-refractivity contribution in [1.29, 1.82) is 0 Å². The number of pyridine rings is 1. The molecule has 0 fully saturated rings. The smallest absolute Gasteiger partial charge is 0.320 e. The van der Waals surface area contributed by atoms with Crippen LogP contribution in [0.4, 0.5) is 0 Å². The van der Waals surface area contributed by atoms with E-state index in [0.717, 1.165) is 22.9 Å². The lowest BCUT2D eigenvalue weighted by Gasteiger charge is -2.15. The molecule has 0 bridgehead atoms. The second-order valence-electron chi connectivity index (χ2n) is 4.66. The monoisotopic (exact) mass is 292 g/mol. The Kier molecular flexibility index (Phi) is 4.93. The molecular formula is C15H17ClN2O2. The molecule has 1 heterocycles. The van der Waals surface area contributed by atoms with E-state index in [9.17, 15) is 4.79 Å². The maximum atomic E-state index is 11.1. The SMILES string of the molecule is CCCC(NCc1c(Cl)ccc2cccnc12)C(=O)O. The number of nitrogens with one attached hydrogen (secondary N) is 1. The summed E-state index contributed by atoms with van der Waals surface area (Å²) >= 11 is 6.22. The standard InChI is InChI=1S/C15H17ClN2O2/c1-2-4-13(15(19)20)18-9-11-12(16)7-6-10-5-3-8-17-14(10)11/h3,5-8,13,18H,2,4,9H2,1H3,(H,19,20). The van der Waals surface area contributed by atoms with Gasteiger partial charge in [-0.2, -0.15) is 0 Å². The molecule has 1 aromatic heterocycles. The third-order valence-corrected chi connectivity index (χ3v) is 3.58. The Hall–Kier alpha value is -1.65. The van der Waals surface area contributed by atoms with Gasteiger partial charge in [-0.25, -0.2) is 0 Å². The number of rotatable bonds is 6. The largest absolute Gasteiger partial charge is 0.480 e. The third kappa shape index (κ3) is 3.26. The van der Waals surface area contributed by atoms with Crippen molar-refractivity contribution in [2.24, 2.45) is 0 Å². The second-order valence-corrected chi connectivity index (χ2v) is 5.07. The van der Waals surface area contributed by atoms with E-state index in [0.29, 0.717) is 18.0 Å². The van der Waals surface area contributed by atoms with Crippen LogP contribution in [0.2, 0.25) is 5.02 Å². The van der Waals surface area contributed by atoms with E-state index in [1.807, 2.05) is 31.2 Å². The Morgan fingerprint density at radius 1 is 1.45 bits per heavy atom. The number of aromatic nitrogens is 1. The van der Waals surface area contributed by atoms with Gasteiger partial charge in [0.25, 0.3) is 0 Å². The van der Waals surface area contributed by atoms with Crippen molar-refractivity contribution in [3.8, 4) is 0 Å². The Labute approximate surface area is 122 Å². The number of carbonyl (C=O) groups is 1. The van der Waals surface area contributed by atoms with E-state index in [1.165, 1.54) is 0 Å². The number of benzene rings is 1. The fourth-order valence-electron chi connectivity index (χ4n) is 2.18. The Bertz CT molecular complexity index is 616. The van der Waals surface area contributed by atoms with Gasteiger partial charge in [0.05, 0.1) is 5.52 Å². The maximum absolute atomic E-state index is 11.1. The highest BCUT2D eigenvalue weighted by molar-refractivity contribution is 6.32. The predicted molar refractivity (Wildman–Crippen MR) is 79.9 cm³/mol. The van der Waals surface area contributed by atoms with E-state index in [2.05, 4.69) is 10.3 Å². The first-order valence-electron chi connectivity index (χ1n) is 6.61. The molecule has 5 heteroatoms. The molecule has 1 atom stereocenters. The van der Waals surface area contributed by atoms with Gasteiger partial charge in [0.2, 0.25) is 0 Å². The summed E-state index contributed by atoms with van der Waals surface area (Å²) in [5, 5.41) is 13.8. The fraction of sp³-hybridized carbons (Fsp3) is 0.333. The molecule has 0 aliphatic carbocycles. The molecule has 0 radical (unpaired) electrons. The molecule has 2 N–H and O–H groups in total. The predicted octanol–water partition coefficient (Wildman–Crippen LogP) is 3.23. The van der Waals surface area contributed by atoms with Crippen molar-refractivity contribution in [1.82, 2.24) is 10.3 Å². The van der Waals surface area contributed by atoms with Crippen LogP contribution < -0.4 is 5.32 Å². The van der Waals surface area contributed by atoms with Crippen molar-refractivity contribution in [3.05, 3.63) is 41.0 Å². The van der Waals surface area contributed by atoms with E-state index < -0.39 is 12.0 Å². The second kappa shape index (κ2) is 6.68. The molecule has 4 nitrogen and oxygen atoms in total. The van der Waals surface area contributed by atoms with Crippen LogP contribution in [0.3, 0.4) is 0 Å². The Morgan fingerprint density at radius 3 is 2.95 bits per heavy atom. The van der Waals surface area contributed by atoms with Crippen LogP contribution in [0.1, 0.15) is 25.3 Å². The fourth-order valence-corrected chi connectivity index (χ4v) is 2.40. The summed E-state index contributed by atoms with van der Waals surface area (Å²) in [5.41, 5.74) is 1.65. The zero-order chi connectivity index (χ0) is 14.5. The molecule has 0 aliphatic heterocycles. The summed E-state index contributed by atoms with van der Waals surface area (Å²) in [7, 11) is 0. The third-order valence-electron chi connectivity index (χ3n) is 3.22. The molecule has 106 valence electrons. The summed E-state index contributed by atoms with van der Waals surface area (Å²) in [6.07, 6.45) is 3.11. The first-order valence-corrected chi connectivity index (χ1v) is 6.99.